The van der Waals surface area contributed by atoms with E-state index in [4.69, 9.17) is 9.47 Å². The Morgan fingerprint density at radius 1 is 1.02 bits per heavy atom. The highest BCUT2D eigenvalue weighted by atomic mass is 19.2. The SMILES string of the molecule is CC(C)C1OC(=O)C(C)C(O)C(Cc2c(F)nc(F)c(F)c2F)NC(=O)C(NC(=O)c2ccccc2O)C(C)OC1=O. The molecule has 1 aromatic carbocycles. The number of aromatic nitrogens is 1. The monoisotopic (exact) mass is 599 g/mol. The number of nitrogens with zero attached hydrogens (tertiary/aromatic N) is 1. The molecule has 15 heteroatoms. The van der Waals surface area contributed by atoms with Crippen molar-refractivity contribution in [3.05, 3.63) is 58.9 Å². The Kier molecular flexibility index (Phi) is 10.1. The Hall–Kier alpha value is -4.27. The first-order valence-electron chi connectivity index (χ1n) is 12.8. The van der Waals surface area contributed by atoms with Crippen LogP contribution >= 0.6 is 0 Å². The number of phenolic OH excluding ortho intramolecular Hbond substituents is 1. The highest BCUT2D eigenvalue weighted by Crippen LogP contribution is 2.24. The molecule has 0 spiro atoms. The average Bonchev–Trinajstić information content (AvgIpc) is 2.93. The number of rotatable bonds is 5. The van der Waals surface area contributed by atoms with Crippen LogP contribution in [-0.4, -0.2) is 69.3 Å². The fourth-order valence-electron chi connectivity index (χ4n) is 4.22. The van der Waals surface area contributed by atoms with Gasteiger partial charge in [0.1, 0.15) is 17.9 Å². The molecule has 42 heavy (non-hydrogen) atoms. The summed E-state index contributed by atoms with van der Waals surface area (Å²) in [6, 6.07) is 1.78. The van der Waals surface area contributed by atoms with Crippen molar-refractivity contribution in [1.29, 1.82) is 0 Å². The molecule has 1 aliphatic rings. The summed E-state index contributed by atoms with van der Waals surface area (Å²) in [5.74, 6) is -14.9. The van der Waals surface area contributed by atoms with Crippen LogP contribution in [0.5, 0.6) is 5.75 Å². The van der Waals surface area contributed by atoms with E-state index in [1.807, 2.05) is 0 Å². The number of esters is 2. The average molecular weight is 600 g/mol. The molecule has 3 rings (SSSR count). The van der Waals surface area contributed by atoms with E-state index in [2.05, 4.69) is 15.6 Å². The lowest BCUT2D eigenvalue weighted by Gasteiger charge is -2.33. The van der Waals surface area contributed by atoms with Gasteiger partial charge < -0.3 is 30.3 Å². The standard InChI is InChI=1S/C27H29F4N3O8/c1-10(2)21-27(40)41-12(4)19(33-24(37)13-7-5-6-8-16(13)35)25(38)32-15(20(36)11(3)26(39)42-21)9-14-17(28)18(29)23(31)34-22(14)30/h5-8,10-12,15,19-21,35-36H,9H2,1-4H3,(H,32,38)(H,33,37). The number of ether oxygens (including phenoxy) is 2. The zero-order chi connectivity index (χ0) is 31.5. The Morgan fingerprint density at radius 2 is 1.67 bits per heavy atom. The third-order valence-electron chi connectivity index (χ3n) is 6.70. The minimum absolute atomic E-state index is 0.258. The summed E-state index contributed by atoms with van der Waals surface area (Å²) >= 11 is 0. The van der Waals surface area contributed by atoms with E-state index >= 15 is 0 Å². The van der Waals surface area contributed by atoms with E-state index in [0.29, 0.717) is 0 Å². The number of carbonyl (C=O) groups is 4. The van der Waals surface area contributed by atoms with Crippen LogP contribution in [0.25, 0.3) is 0 Å². The molecule has 0 saturated carbocycles. The summed E-state index contributed by atoms with van der Waals surface area (Å²) < 4.78 is 66.9. The van der Waals surface area contributed by atoms with Crippen LogP contribution in [0.2, 0.25) is 0 Å². The first-order chi connectivity index (χ1) is 19.6. The highest BCUT2D eigenvalue weighted by molar-refractivity contribution is 6.00. The minimum Gasteiger partial charge on any atom is -0.507 e. The predicted octanol–water partition coefficient (Wildman–Crippen LogP) is 1.68. The summed E-state index contributed by atoms with van der Waals surface area (Å²) in [6.45, 7) is 5.39. The number of hydrogen-bond acceptors (Lipinski definition) is 9. The molecule has 1 saturated heterocycles. The van der Waals surface area contributed by atoms with Crippen molar-refractivity contribution < 1.29 is 56.4 Å². The van der Waals surface area contributed by atoms with Crippen LogP contribution in [0.4, 0.5) is 17.6 Å². The zero-order valence-electron chi connectivity index (χ0n) is 22.9. The van der Waals surface area contributed by atoms with Crippen LogP contribution in [-0.2, 0) is 30.3 Å². The first-order valence-corrected chi connectivity index (χ1v) is 12.8. The van der Waals surface area contributed by atoms with Gasteiger partial charge in [-0.3, -0.25) is 14.4 Å². The van der Waals surface area contributed by atoms with Crippen LogP contribution < -0.4 is 10.6 Å². The maximum Gasteiger partial charge on any atom is 0.348 e. The summed E-state index contributed by atoms with van der Waals surface area (Å²) in [5, 5.41) is 25.6. The van der Waals surface area contributed by atoms with Gasteiger partial charge >= 0.3 is 11.9 Å². The molecule has 1 aromatic heterocycles. The number of benzene rings is 1. The molecule has 1 fully saturated rings. The number of amides is 2. The summed E-state index contributed by atoms with van der Waals surface area (Å²) in [7, 11) is 0. The molecule has 2 amide bonds. The number of phenols is 1. The van der Waals surface area contributed by atoms with Gasteiger partial charge in [0.25, 0.3) is 11.9 Å². The van der Waals surface area contributed by atoms with Crippen molar-refractivity contribution in [2.45, 2.75) is 64.5 Å². The maximum atomic E-state index is 14.5. The topological polar surface area (TPSA) is 164 Å². The molecule has 2 heterocycles. The van der Waals surface area contributed by atoms with Gasteiger partial charge in [-0.1, -0.05) is 26.0 Å². The Balaban J connectivity index is 2.07. The minimum atomic E-state index is -2.11. The number of aliphatic hydroxyl groups excluding tert-OH is 1. The van der Waals surface area contributed by atoms with Crippen molar-refractivity contribution >= 4 is 23.8 Å². The number of nitrogens with one attached hydrogen (secondary N) is 2. The molecular weight excluding hydrogens is 570 g/mol. The number of pyridine rings is 1. The van der Waals surface area contributed by atoms with Crippen LogP contribution in [0.3, 0.4) is 0 Å². The third kappa shape index (κ3) is 6.95. The number of aromatic hydroxyl groups is 1. The van der Waals surface area contributed by atoms with Gasteiger partial charge in [0.05, 0.1) is 23.6 Å². The second-order valence-corrected chi connectivity index (χ2v) is 10.1. The predicted molar refractivity (Wildman–Crippen MR) is 135 cm³/mol. The smallest absolute Gasteiger partial charge is 0.348 e. The van der Waals surface area contributed by atoms with E-state index in [1.54, 1.807) is 0 Å². The highest BCUT2D eigenvalue weighted by Gasteiger charge is 2.41. The number of cyclic esters (lactones) is 2. The second-order valence-electron chi connectivity index (χ2n) is 10.1. The van der Waals surface area contributed by atoms with Crippen molar-refractivity contribution in [2.24, 2.45) is 11.8 Å². The molecule has 228 valence electrons. The summed E-state index contributed by atoms with van der Waals surface area (Å²) in [6.07, 6.45) is -5.99. The van der Waals surface area contributed by atoms with Gasteiger partial charge in [-0.05, 0) is 26.0 Å². The molecule has 0 radical (unpaired) electrons. The molecule has 0 bridgehead atoms. The largest absolute Gasteiger partial charge is 0.507 e. The first kappa shape index (κ1) is 32.2. The van der Waals surface area contributed by atoms with Crippen molar-refractivity contribution in [1.82, 2.24) is 15.6 Å². The van der Waals surface area contributed by atoms with Gasteiger partial charge in [0.2, 0.25) is 23.8 Å². The van der Waals surface area contributed by atoms with E-state index in [0.717, 1.165) is 6.92 Å². The number of carbonyl (C=O) groups excluding carboxylic acids is 4. The number of aliphatic hydroxyl groups is 1. The molecule has 6 unspecified atom stereocenters. The van der Waals surface area contributed by atoms with Crippen LogP contribution in [0, 0.1) is 35.4 Å². The Labute approximate surface area is 237 Å². The second kappa shape index (κ2) is 13.1. The van der Waals surface area contributed by atoms with Crippen molar-refractivity contribution in [3.8, 4) is 5.75 Å². The normalized spacial score (nSPS) is 25.5. The van der Waals surface area contributed by atoms with Gasteiger partial charge in [-0.25, -0.2) is 9.18 Å². The van der Waals surface area contributed by atoms with E-state index in [-0.39, 0.29) is 5.56 Å². The van der Waals surface area contributed by atoms with Gasteiger partial charge in [0.15, 0.2) is 5.82 Å². The van der Waals surface area contributed by atoms with E-state index in [1.165, 1.54) is 45.0 Å². The zero-order valence-corrected chi connectivity index (χ0v) is 22.9. The van der Waals surface area contributed by atoms with Crippen molar-refractivity contribution in [3.63, 3.8) is 0 Å². The van der Waals surface area contributed by atoms with Crippen LogP contribution in [0.15, 0.2) is 24.3 Å². The van der Waals surface area contributed by atoms with Gasteiger partial charge in [-0.2, -0.15) is 18.2 Å². The quantitative estimate of drug-likeness (QED) is 0.227. The molecule has 0 aliphatic carbocycles. The third-order valence-corrected chi connectivity index (χ3v) is 6.70. The molecule has 11 nitrogen and oxygen atoms in total. The molecule has 6 atom stereocenters. The molecule has 1 aliphatic heterocycles. The summed E-state index contributed by atoms with van der Waals surface area (Å²) in [4.78, 5) is 54.9. The lowest BCUT2D eigenvalue weighted by atomic mass is 9.92. The van der Waals surface area contributed by atoms with Gasteiger partial charge in [-0.15, -0.1) is 0 Å². The maximum absolute atomic E-state index is 14.5. The summed E-state index contributed by atoms with van der Waals surface area (Å²) in [5.41, 5.74) is -1.41. The molecule has 2 aromatic rings. The van der Waals surface area contributed by atoms with Crippen LogP contribution in [0.1, 0.15) is 43.6 Å². The Bertz CT molecular complexity index is 1380. The lowest BCUT2D eigenvalue weighted by molar-refractivity contribution is -0.180. The fraction of sp³-hybridized carbons (Fsp3) is 0.444. The lowest BCUT2D eigenvalue weighted by Crippen LogP contribution is -2.59. The van der Waals surface area contributed by atoms with Gasteiger partial charge in [0, 0.05) is 17.9 Å². The van der Waals surface area contributed by atoms with E-state index in [9.17, 15) is 47.0 Å². The molecular formula is C27H29F4N3O8. The number of halogens is 4. The fourth-order valence-corrected chi connectivity index (χ4v) is 4.22. The number of para-hydroxylation sites is 1. The molecule has 4 N–H and O–H groups in total. The number of hydrogen-bond donors (Lipinski definition) is 4. The van der Waals surface area contributed by atoms with E-state index < -0.39 is 107 Å². The van der Waals surface area contributed by atoms with Crippen molar-refractivity contribution in [2.75, 3.05) is 0 Å². The Morgan fingerprint density at radius 3 is 2.29 bits per heavy atom.